The lowest BCUT2D eigenvalue weighted by molar-refractivity contribution is -0.123. The smallest absolute Gasteiger partial charge is 0.293 e. The highest BCUT2D eigenvalue weighted by molar-refractivity contribution is 8.18. The summed E-state index contributed by atoms with van der Waals surface area (Å²) in [5.41, 5.74) is 3.77. The summed E-state index contributed by atoms with van der Waals surface area (Å²) in [6, 6.07) is 22.7. The van der Waals surface area contributed by atoms with Crippen LogP contribution in [0.1, 0.15) is 22.3 Å². The average molecular weight is 450 g/mol. The molecule has 0 atom stereocenters. The molecular formula is C25H20ClNO3S. The second kappa shape index (κ2) is 9.41. The van der Waals surface area contributed by atoms with Gasteiger partial charge in [-0.1, -0.05) is 71.8 Å². The average Bonchev–Trinajstić information content (AvgIpc) is 3.02. The molecule has 6 heteroatoms. The summed E-state index contributed by atoms with van der Waals surface area (Å²) < 4.78 is 5.79. The molecule has 31 heavy (non-hydrogen) atoms. The van der Waals surface area contributed by atoms with Gasteiger partial charge in [0.05, 0.1) is 11.4 Å². The van der Waals surface area contributed by atoms with Crippen LogP contribution in [0.25, 0.3) is 6.08 Å². The Balaban J connectivity index is 1.42. The Bertz CT molecular complexity index is 1160. The lowest BCUT2D eigenvalue weighted by atomic mass is 10.1. The van der Waals surface area contributed by atoms with Gasteiger partial charge in [0.25, 0.3) is 11.1 Å². The summed E-state index contributed by atoms with van der Waals surface area (Å²) in [6.45, 7) is 2.63. The van der Waals surface area contributed by atoms with Crippen molar-refractivity contribution in [3.05, 3.63) is 105 Å². The van der Waals surface area contributed by atoms with Gasteiger partial charge in [-0.15, -0.1) is 0 Å². The van der Waals surface area contributed by atoms with E-state index in [1.807, 2.05) is 79.7 Å². The molecule has 4 rings (SSSR count). The van der Waals surface area contributed by atoms with Crippen LogP contribution in [-0.2, 0) is 17.9 Å². The monoisotopic (exact) mass is 449 g/mol. The Hall–Kier alpha value is -3.02. The largest absolute Gasteiger partial charge is 0.489 e. The molecule has 3 aromatic carbocycles. The molecule has 156 valence electrons. The first-order valence-corrected chi connectivity index (χ1v) is 11.0. The van der Waals surface area contributed by atoms with Gasteiger partial charge in [0.2, 0.25) is 0 Å². The summed E-state index contributed by atoms with van der Waals surface area (Å²) in [7, 11) is 0. The number of thioether (sulfide) groups is 1. The lowest BCUT2D eigenvalue weighted by Crippen LogP contribution is -2.27. The molecule has 0 unspecified atom stereocenters. The molecular weight excluding hydrogens is 430 g/mol. The maximum Gasteiger partial charge on any atom is 0.293 e. The number of carbonyl (C=O) groups excluding carboxylic acids is 2. The number of rotatable bonds is 6. The van der Waals surface area contributed by atoms with Gasteiger partial charge in [-0.2, -0.15) is 0 Å². The third kappa shape index (κ3) is 5.19. The van der Waals surface area contributed by atoms with E-state index < -0.39 is 0 Å². The zero-order valence-electron chi connectivity index (χ0n) is 16.9. The van der Waals surface area contributed by atoms with Crippen molar-refractivity contribution >= 4 is 40.6 Å². The van der Waals surface area contributed by atoms with Gasteiger partial charge in [-0.25, -0.2) is 0 Å². The van der Waals surface area contributed by atoms with Crippen LogP contribution in [0.3, 0.4) is 0 Å². The van der Waals surface area contributed by atoms with Crippen LogP contribution in [-0.4, -0.2) is 16.0 Å². The topological polar surface area (TPSA) is 46.6 Å². The number of hydrogen-bond donors (Lipinski definition) is 0. The van der Waals surface area contributed by atoms with Gasteiger partial charge in [-0.05, 0) is 54.1 Å². The molecule has 1 aliphatic rings. The highest BCUT2D eigenvalue weighted by Crippen LogP contribution is 2.33. The van der Waals surface area contributed by atoms with Crippen molar-refractivity contribution in [3.8, 4) is 5.75 Å². The van der Waals surface area contributed by atoms with Crippen molar-refractivity contribution in [3.63, 3.8) is 0 Å². The van der Waals surface area contributed by atoms with Crippen molar-refractivity contribution in [2.24, 2.45) is 0 Å². The van der Waals surface area contributed by atoms with E-state index in [2.05, 4.69) is 0 Å². The van der Waals surface area contributed by atoms with Crippen molar-refractivity contribution < 1.29 is 14.3 Å². The van der Waals surface area contributed by atoms with Crippen molar-refractivity contribution in [1.82, 2.24) is 4.90 Å². The molecule has 1 fully saturated rings. The minimum atomic E-state index is -0.268. The summed E-state index contributed by atoms with van der Waals surface area (Å²) >= 11 is 7.12. The first-order valence-electron chi connectivity index (χ1n) is 9.77. The number of ether oxygens (including phenoxy) is 1. The number of amides is 2. The number of hydrogen-bond acceptors (Lipinski definition) is 4. The fraction of sp³-hybridized carbons (Fsp3) is 0.120. The van der Waals surface area contributed by atoms with E-state index in [0.29, 0.717) is 22.3 Å². The summed E-state index contributed by atoms with van der Waals surface area (Å²) in [6.07, 6.45) is 1.74. The molecule has 0 aromatic heterocycles. The maximum atomic E-state index is 12.7. The first-order chi connectivity index (χ1) is 15.0. The van der Waals surface area contributed by atoms with Gasteiger partial charge in [-0.3, -0.25) is 14.5 Å². The zero-order chi connectivity index (χ0) is 21.8. The molecule has 2 amide bonds. The number of carbonyl (C=O) groups is 2. The fourth-order valence-electron chi connectivity index (χ4n) is 3.22. The van der Waals surface area contributed by atoms with E-state index in [9.17, 15) is 9.59 Å². The molecule has 0 bridgehead atoms. The Morgan fingerprint density at radius 1 is 1.00 bits per heavy atom. The van der Waals surface area contributed by atoms with Crippen LogP contribution in [0, 0.1) is 6.92 Å². The summed E-state index contributed by atoms with van der Waals surface area (Å²) in [4.78, 5) is 26.8. The Morgan fingerprint density at radius 3 is 2.52 bits per heavy atom. The summed E-state index contributed by atoms with van der Waals surface area (Å²) in [5, 5.41) is 0.415. The Kier molecular flexibility index (Phi) is 6.44. The number of aryl methyl sites for hydroxylation is 1. The zero-order valence-corrected chi connectivity index (χ0v) is 18.5. The first kappa shape index (κ1) is 21.2. The lowest BCUT2D eigenvalue weighted by Gasteiger charge is -2.12. The standard InChI is InChI=1S/C25H20ClNO3S/c1-17-5-4-6-19(13-17)15-27-24(28)23(31-25(27)29)14-18-9-11-21(12-10-18)30-16-20-7-2-3-8-22(20)26/h2-14H,15-16H2,1H3/b23-14+. The minimum absolute atomic E-state index is 0.252. The van der Waals surface area contributed by atoms with Crippen LogP contribution in [0.2, 0.25) is 5.02 Å². The summed E-state index contributed by atoms with van der Waals surface area (Å²) in [5.74, 6) is 0.431. The third-order valence-electron chi connectivity index (χ3n) is 4.83. The molecule has 0 saturated carbocycles. The van der Waals surface area contributed by atoms with E-state index in [1.165, 1.54) is 4.90 Å². The van der Waals surface area contributed by atoms with Crippen LogP contribution >= 0.6 is 23.4 Å². The van der Waals surface area contributed by atoms with E-state index in [-0.39, 0.29) is 17.7 Å². The van der Waals surface area contributed by atoms with Gasteiger partial charge in [0.1, 0.15) is 12.4 Å². The number of benzene rings is 3. The Labute approximate surface area is 190 Å². The molecule has 0 N–H and O–H groups in total. The molecule has 0 radical (unpaired) electrons. The van der Waals surface area contributed by atoms with E-state index in [4.69, 9.17) is 16.3 Å². The number of halogens is 1. The van der Waals surface area contributed by atoms with Crippen molar-refractivity contribution in [2.45, 2.75) is 20.1 Å². The predicted molar refractivity (Wildman–Crippen MR) is 125 cm³/mol. The molecule has 0 aliphatic carbocycles. The van der Waals surface area contributed by atoms with Gasteiger partial charge in [0.15, 0.2) is 0 Å². The molecule has 3 aromatic rings. The molecule has 1 aliphatic heterocycles. The molecule has 1 heterocycles. The van der Waals surface area contributed by atoms with Crippen LogP contribution in [0.5, 0.6) is 5.75 Å². The molecule has 0 spiro atoms. The van der Waals surface area contributed by atoms with Crippen LogP contribution in [0.4, 0.5) is 4.79 Å². The Morgan fingerprint density at radius 2 is 1.77 bits per heavy atom. The van der Waals surface area contributed by atoms with Crippen molar-refractivity contribution in [2.75, 3.05) is 0 Å². The molecule has 4 nitrogen and oxygen atoms in total. The van der Waals surface area contributed by atoms with E-state index in [0.717, 1.165) is 34.0 Å². The quantitative estimate of drug-likeness (QED) is 0.405. The fourth-order valence-corrected chi connectivity index (χ4v) is 4.25. The van der Waals surface area contributed by atoms with Gasteiger partial charge in [0, 0.05) is 10.6 Å². The van der Waals surface area contributed by atoms with Gasteiger partial charge < -0.3 is 4.74 Å². The van der Waals surface area contributed by atoms with Crippen molar-refractivity contribution in [1.29, 1.82) is 0 Å². The van der Waals surface area contributed by atoms with Gasteiger partial charge >= 0.3 is 0 Å². The second-order valence-electron chi connectivity index (χ2n) is 7.21. The van der Waals surface area contributed by atoms with E-state index >= 15 is 0 Å². The van der Waals surface area contributed by atoms with Crippen LogP contribution < -0.4 is 4.74 Å². The minimum Gasteiger partial charge on any atom is -0.489 e. The SMILES string of the molecule is Cc1cccc(CN2C(=O)S/C(=C/c3ccc(OCc4ccccc4Cl)cc3)C2=O)c1. The maximum absolute atomic E-state index is 12.7. The third-order valence-corrected chi connectivity index (χ3v) is 6.10. The highest BCUT2D eigenvalue weighted by Gasteiger charge is 2.34. The second-order valence-corrected chi connectivity index (χ2v) is 8.61. The number of nitrogens with zero attached hydrogens (tertiary/aromatic N) is 1. The highest BCUT2D eigenvalue weighted by atomic mass is 35.5. The number of imide groups is 1. The van der Waals surface area contributed by atoms with E-state index in [1.54, 1.807) is 6.08 Å². The molecule has 1 saturated heterocycles. The normalized spacial score (nSPS) is 15.0. The predicted octanol–water partition coefficient (Wildman–Crippen LogP) is 6.46. The van der Waals surface area contributed by atoms with Crippen LogP contribution in [0.15, 0.2) is 77.7 Å².